The molecule has 1 aromatic heterocycles. The number of pyridine rings is 1. The second kappa shape index (κ2) is 10.2. The average Bonchev–Trinajstić information content (AvgIpc) is 2.87. The molecule has 4 rings (SSSR count). The van der Waals surface area contributed by atoms with Gasteiger partial charge >= 0.3 is 0 Å². The highest BCUT2D eigenvalue weighted by molar-refractivity contribution is 6.00. The molecule has 3 aromatic rings. The summed E-state index contributed by atoms with van der Waals surface area (Å²) in [5, 5.41) is 3.13. The van der Waals surface area contributed by atoms with E-state index in [1.807, 2.05) is 42.6 Å². The summed E-state index contributed by atoms with van der Waals surface area (Å²) in [6.45, 7) is 6.68. The van der Waals surface area contributed by atoms with Crippen LogP contribution in [0.25, 0.3) is 5.57 Å². The molecule has 1 aliphatic carbocycles. The number of rotatable bonds is 7. The van der Waals surface area contributed by atoms with Gasteiger partial charge in [-0.1, -0.05) is 54.5 Å². The highest BCUT2D eigenvalue weighted by Crippen LogP contribution is 2.41. The van der Waals surface area contributed by atoms with E-state index in [1.165, 1.54) is 11.1 Å². The summed E-state index contributed by atoms with van der Waals surface area (Å²) in [6, 6.07) is 16.1. The van der Waals surface area contributed by atoms with Crippen LogP contribution in [0, 0.1) is 13.8 Å². The molecule has 0 saturated carbocycles. The maximum Gasteiger partial charge on any atom is 0.248 e. The molecule has 0 aliphatic heterocycles. The lowest BCUT2D eigenvalue weighted by Crippen LogP contribution is -2.37. The summed E-state index contributed by atoms with van der Waals surface area (Å²) in [6.07, 6.45) is 8.58. The quantitative estimate of drug-likeness (QED) is 0.483. The van der Waals surface area contributed by atoms with Gasteiger partial charge in [-0.25, -0.2) is 0 Å². The van der Waals surface area contributed by atoms with Crippen LogP contribution >= 0.6 is 0 Å². The number of ether oxygens (including phenoxy) is 2. The number of amides is 1. The number of aromatic nitrogens is 1. The Hall–Kier alpha value is -3.86. The summed E-state index contributed by atoms with van der Waals surface area (Å²) >= 11 is 0. The SMILES string of the molecule is COc1ccc(CNC(=O)C2=CC(c3cc(C)cc(C)c3)=CCC2(C)c2cccnc2)cc1OC. The van der Waals surface area contributed by atoms with Crippen LogP contribution in [0.2, 0.25) is 0 Å². The van der Waals surface area contributed by atoms with E-state index >= 15 is 0 Å². The van der Waals surface area contributed by atoms with Gasteiger partial charge in [-0.15, -0.1) is 0 Å². The van der Waals surface area contributed by atoms with Gasteiger partial charge < -0.3 is 14.8 Å². The van der Waals surface area contributed by atoms with Crippen molar-refractivity contribution in [1.29, 1.82) is 0 Å². The van der Waals surface area contributed by atoms with Crippen LogP contribution in [0.5, 0.6) is 11.5 Å². The molecule has 0 saturated heterocycles. The fourth-order valence-corrected chi connectivity index (χ4v) is 4.69. The average molecular weight is 469 g/mol. The molecule has 1 heterocycles. The molecule has 1 aliphatic rings. The molecule has 35 heavy (non-hydrogen) atoms. The van der Waals surface area contributed by atoms with Gasteiger partial charge in [0.2, 0.25) is 5.91 Å². The van der Waals surface area contributed by atoms with Crippen molar-refractivity contribution in [2.24, 2.45) is 0 Å². The van der Waals surface area contributed by atoms with Gasteiger partial charge in [0.1, 0.15) is 0 Å². The number of benzene rings is 2. The van der Waals surface area contributed by atoms with E-state index in [9.17, 15) is 4.79 Å². The Morgan fingerprint density at radius 3 is 2.43 bits per heavy atom. The van der Waals surface area contributed by atoms with Gasteiger partial charge in [-0.05, 0) is 66.8 Å². The third-order valence-electron chi connectivity index (χ3n) is 6.62. The molecule has 0 bridgehead atoms. The molecule has 180 valence electrons. The van der Waals surface area contributed by atoms with E-state index in [-0.39, 0.29) is 5.91 Å². The van der Waals surface area contributed by atoms with Crippen LogP contribution in [0.15, 0.2) is 78.6 Å². The first-order valence-electron chi connectivity index (χ1n) is 11.7. The smallest absolute Gasteiger partial charge is 0.248 e. The molecule has 0 radical (unpaired) electrons. The van der Waals surface area contributed by atoms with Crippen molar-refractivity contribution in [3.05, 3.63) is 106 Å². The minimum absolute atomic E-state index is 0.0962. The number of aryl methyl sites for hydroxylation is 2. The Kier molecular flexibility index (Phi) is 7.06. The van der Waals surface area contributed by atoms with Crippen molar-refractivity contribution in [1.82, 2.24) is 10.3 Å². The summed E-state index contributed by atoms with van der Waals surface area (Å²) < 4.78 is 10.7. The number of carbonyl (C=O) groups excluding carboxylic acids is 1. The molecule has 0 spiro atoms. The zero-order valence-corrected chi connectivity index (χ0v) is 21.0. The van der Waals surface area contributed by atoms with Crippen molar-refractivity contribution in [2.75, 3.05) is 14.2 Å². The van der Waals surface area contributed by atoms with Crippen LogP contribution in [0.4, 0.5) is 0 Å². The Morgan fingerprint density at radius 1 is 1.03 bits per heavy atom. The van der Waals surface area contributed by atoms with Crippen molar-refractivity contribution in [3.63, 3.8) is 0 Å². The zero-order valence-electron chi connectivity index (χ0n) is 21.0. The first kappa shape index (κ1) is 24.3. The highest BCUT2D eigenvalue weighted by atomic mass is 16.5. The number of nitrogens with one attached hydrogen (secondary N) is 1. The van der Waals surface area contributed by atoms with E-state index in [2.05, 4.69) is 55.3 Å². The van der Waals surface area contributed by atoms with Crippen LogP contribution in [-0.4, -0.2) is 25.1 Å². The Bertz CT molecular complexity index is 1270. The first-order valence-corrected chi connectivity index (χ1v) is 11.7. The molecule has 5 heteroatoms. The van der Waals surface area contributed by atoms with E-state index in [0.717, 1.165) is 27.8 Å². The van der Waals surface area contributed by atoms with Crippen molar-refractivity contribution < 1.29 is 14.3 Å². The monoisotopic (exact) mass is 468 g/mol. The van der Waals surface area contributed by atoms with Crippen molar-refractivity contribution in [2.45, 2.75) is 39.2 Å². The van der Waals surface area contributed by atoms with Crippen LogP contribution in [-0.2, 0) is 16.8 Å². The van der Waals surface area contributed by atoms with Crippen molar-refractivity contribution >= 4 is 11.5 Å². The van der Waals surface area contributed by atoms with Crippen molar-refractivity contribution in [3.8, 4) is 11.5 Å². The lowest BCUT2D eigenvalue weighted by atomic mass is 9.69. The second-order valence-corrected chi connectivity index (χ2v) is 9.24. The molecular formula is C30H32N2O3. The lowest BCUT2D eigenvalue weighted by Gasteiger charge is -2.34. The van der Waals surface area contributed by atoms with E-state index in [1.54, 1.807) is 20.4 Å². The molecule has 5 nitrogen and oxygen atoms in total. The topological polar surface area (TPSA) is 60.5 Å². The lowest BCUT2D eigenvalue weighted by molar-refractivity contribution is -0.118. The van der Waals surface area contributed by atoms with Gasteiger partial charge in [-0.3, -0.25) is 9.78 Å². The van der Waals surface area contributed by atoms with Gasteiger partial charge in [0.25, 0.3) is 0 Å². The fourth-order valence-electron chi connectivity index (χ4n) is 4.69. The normalized spacial score (nSPS) is 17.3. The van der Waals surface area contributed by atoms with E-state index < -0.39 is 5.41 Å². The Balaban J connectivity index is 1.67. The fraction of sp³-hybridized carbons (Fsp3) is 0.267. The predicted molar refractivity (Wildman–Crippen MR) is 140 cm³/mol. The van der Waals surface area contributed by atoms with Gasteiger partial charge in [0.15, 0.2) is 11.5 Å². The number of methoxy groups -OCH3 is 2. The minimum atomic E-state index is -0.488. The van der Waals surface area contributed by atoms with Crippen LogP contribution in [0.3, 0.4) is 0 Å². The Labute approximate surface area is 207 Å². The minimum Gasteiger partial charge on any atom is -0.493 e. The second-order valence-electron chi connectivity index (χ2n) is 9.24. The largest absolute Gasteiger partial charge is 0.493 e. The molecule has 1 N–H and O–H groups in total. The molecule has 1 unspecified atom stereocenters. The number of hydrogen-bond donors (Lipinski definition) is 1. The highest BCUT2D eigenvalue weighted by Gasteiger charge is 2.37. The van der Waals surface area contributed by atoms with Gasteiger partial charge in [0, 0.05) is 29.9 Å². The molecule has 1 atom stereocenters. The maximum absolute atomic E-state index is 13.7. The first-order chi connectivity index (χ1) is 16.8. The van der Waals surface area contributed by atoms with E-state index in [0.29, 0.717) is 24.5 Å². The predicted octanol–water partition coefficient (Wildman–Crippen LogP) is 5.70. The molecule has 2 aromatic carbocycles. The third kappa shape index (κ3) is 5.14. The number of nitrogens with zero attached hydrogens (tertiary/aromatic N) is 1. The number of carbonyl (C=O) groups is 1. The molecule has 0 fully saturated rings. The van der Waals surface area contributed by atoms with Crippen LogP contribution in [0.1, 0.15) is 41.2 Å². The number of hydrogen-bond acceptors (Lipinski definition) is 4. The number of allylic oxidation sites excluding steroid dienone is 3. The van der Waals surface area contributed by atoms with Gasteiger partial charge in [0.05, 0.1) is 14.2 Å². The zero-order chi connectivity index (χ0) is 25.0. The van der Waals surface area contributed by atoms with Crippen LogP contribution < -0.4 is 14.8 Å². The maximum atomic E-state index is 13.7. The summed E-state index contributed by atoms with van der Waals surface area (Å²) in [5.74, 6) is 1.20. The van der Waals surface area contributed by atoms with E-state index in [4.69, 9.17) is 9.47 Å². The summed E-state index contributed by atoms with van der Waals surface area (Å²) in [5.41, 5.74) is 6.78. The third-order valence-corrected chi connectivity index (χ3v) is 6.62. The standard InChI is InChI=1S/C30H32N2O3/c1-20-13-21(2)15-24(14-20)23-10-11-30(3,25-7-6-12-31-19-25)26(17-23)29(33)32-18-22-8-9-27(34-4)28(16-22)35-5/h6-10,12-17,19H,11,18H2,1-5H3,(H,32,33). The molecular weight excluding hydrogens is 436 g/mol. The summed E-state index contributed by atoms with van der Waals surface area (Å²) in [7, 11) is 3.21. The molecule has 1 amide bonds. The summed E-state index contributed by atoms with van der Waals surface area (Å²) in [4.78, 5) is 18.0. The Morgan fingerprint density at radius 2 is 1.77 bits per heavy atom. The van der Waals surface area contributed by atoms with Gasteiger partial charge in [-0.2, -0.15) is 0 Å².